The van der Waals surface area contributed by atoms with Crippen LogP contribution in [-0.2, 0) is 16.9 Å². The number of hydrogen-bond acceptors (Lipinski definition) is 6. The summed E-state index contributed by atoms with van der Waals surface area (Å²) in [5.41, 5.74) is 2.05. The van der Waals surface area contributed by atoms with E-state index in [0.29, 0.717) is 30.5 Å². The van der Waals surface area contributed by atoms with Crippen LogP contribution in [0.2, 0.25) is 0 Å². The highest BCUT2D eigenvalue weighted by Gasteiger charge is 2.38. The smallest absolute Gasteiger partial charge is 0.203 e. The minimum absolute atomic E-state index is 0.226. The van der Waals surface area contributed by atoms with Crippen LogP contribution in [0, 0.1) is 0 Å². The molecule has 0 aliphatic heterocycles. The van der Waals surface area contributed by atoms with Gasteiger partial charge in [0.05, 0.1) is 40.1 Å². The van der Waals surface area contributed by atoms with Crippen molar-refractivity contribution in [3.63, 3.8) is 0 Å². The molecule has 1 aromatic heterocycles. The van der Waals surface area contributed by atoms with Crippen molar-refractivity contribution in [2.75, 3.05) is 42.0 Å². The number of benzene rings is 1. The van der Waals surface area contributed by atoms with E-state index in [2.05, 4.69) is 42.6 Å². The lowest BCUT2D eigenvalue weighted by Gasteiger charge is -2.35. The van der Waals surface area contributed by atoms with Gasteiger partial charge in [-0.2, -0.15) is 0 Å². The predicted octanol–water partition coefficient (Wildman–Crippen LogP) is 3.77. The fraction of sp³-hybridized carbons (Fsp3) is 0.400. The summed E-state index contributed by atoms with van der Waals surface area (Å²) in [7, 11) is 9.00. The molecule has 0 saturated heterocycles. The van der Waals surface area contributed by atoms with Crippen LogP contribution in [0.3, 0.4) is 0 Å². The van der Waals surface area contributed by atoms with Crippen molar-refractivity contribution in [2.24, 2.45) is 0 Å². The van der Waals surface area contributed by atoms with E-state index < -0.39 is 0 Å². The fourth-order valence-corrected chi connectivity index (χ4v) is 4.17. The molecule has 1 aliphatic rings. The number of likely N-dealkylation sites (N-methyl/N-ethyl adjacent to an activating group) is 1. The zero-order valence-electron chi connectivity index (χ0n) is 15.9. The zero-order chi connectivity index (χ0) is 18.7. The van der Waals surface area contributed by atoms with E-state index in [0.717, 1.165) is 5.56 Å². The Morgan fingerprint density at radius 1 is 1.04 bits per heavy atom. The van der Waals surface area contributed by atoms with Crippen molar-refractivity contribution in [3.8, 4) is 17.2 Å². The van der Waals surface area contributed by atoms with E-state index in [1.165, 1.54) is 10.4 Å². The minimum Gasteiger partial charge on any atom is -0.493 e. The first-order valence-corrected chi connectivity index (χ1v) is 9.25. The second-order valence-corrected chi connectivity index (χ2v) is 7.32. The topological polar surface area (TPSA) is 40.2 Å². The van der Waals surface area contributed by atoms with Gasteiger partial charge in [0.15, 0.2) is 11.5 Å². The van der Waals surface area contributed by atoms with Crippen molar-refractivity contribution < 1.29 is 18.9 Å². The largest absolute Gasteiger partial charge is 0.493 e. The summed E-state index contributed by atoms with van der Waals surface area (Å²) in [5, 5.41) is 2.13. The van der Waals surface area contributed by atoms with Crippen LogP contribution in [0.1, 0.15) is 16.0 Å². The van der Waals surface area contributed by atoms with E-state index >= 15 is 0 Å². The van der Waals surface area contributed by atoms with Gasteiger partial charge in [-0.3, -0.25) is 4.90 Å². The van der Waals surface area contributed by atoms with E-state index in [1.807, 2.05) is 12.1 Å². The van der Waals surface area contributed by atoms with Gasteiger partial charge in [0, 0.05) is 4.88 Å². The van der Waals surface area contributed by atoms with Gasteiger partial charge in [-0.25, -0.2) is 0 Å². The number of thiophene rings is 1. The monoisotopic (exact) mass is 375 g/mol. The molecule has 0 N–H and O–H groups in total. The molecule has 1 unspecified atom stereocenters. The van der Waals surface area contributed by atoms with Gasteiger partial charge in [-0.05, 0) is 54.9 Å². The molecule has 1 aromatic carbocycles. The lowest BCUT2D eigenvalue weighted by atomic mass is 9.94. The van der Waals surface area contributed by atoms with E-state index in [9.17, 15) is 0 Å². The zero-order valence-corrected chi connectivity index (χ0v) is 16.7. The average Bonchev–Trinajstić information content (AvgIpc) is 3.24. The molecular formula is C20H25NO4S. The molecule has 5 nitrogen and oxygen atoms in total. The summed E-state index contributed by atoms with van der Waals surface area (Å²) in [4.78, 5) is 3.51. The number of nitrogens with zero attached hydrogens (tertiary/aromatic N) is 1. The molecule has 2 aromatic rings. The summed E-state index contributed by atoms with van der Waals surface area (Å²) >= 11 is 1.76. The van der Waals surface area contributed by atoms with Crippen molar-refractivity contribution in [1.82, 2.24) is 4.90 Å². The number of methoxy groups -OCH3 is 3. The highest BCUT2D eigenvalue weighted by Crippen LogP contribution is 2.41. The number of fused-ring (bicyclic) bond motifs is 1. The molecule has 0 spiro atoms. The molecule has 140 valence electrons. The maximum atomic E-state index is 6.13. The third-order valence-corrected chi connectivity index (χ3v) is 5.67. The third-order valence-electron chi connectivity index (χ3n) is 4.79. The van der Waals surface area contributed by atoms with Crippen molar-refractivity contribution in [2.45, 2.75) is 12.1 Å². The summed E-state index contributed by atoms with van der Waals surface area (Å²) in [6, 6.07) is 6.02. The third kappa shape index (κ3) is 3.20. The molecule has 0 amide bonds. The van der Waals surface area contributed by atoms with Gasteiger partial charge < -0.3 is 18.9 Å². The van der Waals surface area contributed by atoms with Crippen LogP contribution < -0.4 is 14.2 Å². The summed E-state index contributed by atoms with van der Waals surface area (Å²) < 4.78 is 22.3. The molecule has 6 heteroatoms. The molecule has 0 fully saturated rings. The first kappa shape index (κ1) is 18.8. The first-order valence-electron chi connectivity index (χ1n) is 8.37. The van der Waals surface area contributed by atoms with Gasteiger partial charge in [0.2, 0.25) is 5.75 Å². The maximum absolute atomic E-state index is 6.13. The number of ether oxygens (including phenoxy) is 4. The standard InChI is InChI=1S/C20H25NO4S/c1-21(2)20(8-6-18-15(20)7-9-26-18)13-25-12-14-10-16(22-3)19(24-5)17(11-14)23-4/h6-11H,12-13H2,1-5H3. The number of hydrogen-bond donors (Lipinski definition) is 0. The minimum atomic E-state index is -0.226. The lowest BCUT2D eigenvalue weighted by Crippen LogP contribution is -2.42. The molecule has 0 bridgehead atoms. The van der Waals surface area contributed by atoms with Gasteiger partial charge in [-0.15, -0.1) is 11.3 Å². The second-order valence-electron chi connectivity index (χ2n) is 6.38. The van der Waals surface area contributed by atoms with E-state index in [-0.39, 0.29) is 5.54 Å². The molecule has 3 rings (SSSR count). The van der Waals surface area contributed by atoms with Gasteiger partial charge >= 0.3 is 0 Å². The first-order chi connectivity index (χ1) is 12.6. The van der Waals surface area contributed by atoms with Crippen molar-refractivity contribution in [1.29, 1.82) is 0 Å². The quantitative estimate of drug-likeness (QED) is 0.702. The Labute approximate surface area is 158 Å². The average molecular weight is 375 g/mol. The Kier molecular flexibility index (Phi) is 5.55. The lowest BCUT2D eigenvalue weighted by molar-refractivity contribution is 0.0327. The highest BCUT2D eigenvalue weighted by atomic mass is 32.1. The highest BCUT2D eigenvalue weighted by molar-refractivity contribution is 7.11. The van der Waals surface area contributed by atoms with Crippen LogP contribution in [-0.4, -0.2) is 46.9 Å². The van der Waals surface area contributed by atoms with Crippen molar-refractivity contribution >= 4 is 17.4 Å². The van der Waals surface area contributed by atoms with Crippen LogP contribution in [0.25, 0.3) is 6.08 Å². The molecule has 1 aliphatic carbocycles. The molecule has 0 saturated carbocycles. The maximum Gasteiger partial charge on any atom is 0.203 e. The van der Waals surface area contributed by atoms with Crippen LogP contribution in [0.15, 0.2) is 29.7 Å². The second kappa shape index (κ2) is 7.70. The number of rotatable bonds is 8. The van der Waals surface area contributed by atoms with Gasteiger partial charge in [0.25, 0.3) is 0 Å². The van der Waals surface area contributed by atoms with Gasteiger partial charge in [-0.1, -0.05) is 6.08 Å². The van der Waals surface area contributed by atoms with Crippen LogP contribution >= 0.6 is 11.3 Å². The SMILES string of the molecule is COc1cc(COCC2(N(C)C)C=Cc3sccc32)cc(OC)c1OC. The Balaban J connectivity index is 1.77. The molecule has 1 heterocycles. The molecule has 1 atom stereocenters. The summed E-state index contributed by atoms with van der Waals surface area (Å²) in [6.07, 6.45) is 4.41. The van der Waals surface area contributed by atoms with Crippen molar-refractivity contribution in [3.05, 3.63) is 45.7 Å². The summed E-state index contributed by atoms with van der Waals surface area (Å²) in [6.45, 7) is 1.02. The normalized spacial score (nSPS) is 18.2. The fourth-order valence-electron chi connectivity index (χ4n) is 3.30. The Hall–Kier alpha value is -2.02. The van der Waals surface area contributed by atoms with Gasteiger partial charge in [0.1, 0.15) is 0 Å². The molecular weight excluding hydrogens is 350 g/mol. The van der Waals surface area contributed by atoms with Crippen LogP contribution in [0.4, 0.5) is 0 Å². The predicted molar refractivity (Wildman–Crippen MR) is 104 cm³/mol. The van der Waals surface area contributed by atoms with E-state index in [4.69, 9.17) is 18.9 Å². The van der Waals surface area contributed by atoms with Crippen LogP contribution in [0.5, 0.6) is 17.2 Å². The molecule has 26 heavy (non-hydrogen) atoms. The Bertz CT molecular complexity index is 774. The molecule has 0 radical (unpaired) electrons. The van der Waals surface area contributed by atoms with E-state index in [1.54, 1.807) is 32.7 Å². The Morgan fingerprint density at radius 3 is 2.31 bits per heavy atom. The summed E-state index contributed by atoms with van der Waals surface area (Å²) in [5.74, 6) is 1.85. The Morgan fingerprint density at radius 2 is 1.73 bits per heavy atom.